The van der Waals surface area contributed by atoms with Gasteiger partial charge >= 0.3 is 0 Å². The number of aryl methyl sites for hydroxylation is 1. The number of halogens is 1. The van der Waals surface area contributed by atoms with Crippen molar-refractivity contribution in [3.05, 3.63) is 34.1 Å². The van der Waals surface area contributed by atoms with Gasteiger partial charge in [-0.1, -0.05) is 33.8 Å². The van der Waals surface area contributed by atoms with Crippen molar-refractivity contribution >= 4 is 39.3 Å². The van der Waals surface area contributed by atoms with E-state index in [-0.39, 0.29) is 5.91 Å². The maximum Gasteiger partial charge on any atom is 0.234 e. The number of hydrogen-bond donors (Lipinski definition) is 1. The highest BCUT2D eigenvalue weighted by molar-refractivity contribution is 9.10. The SMILES string of the molecule is Cc1ccc(NC(=O)CSc2nnc(C3CC3)n2C2CC2)cc1Br. The molecule has 1 N–H and O–H groups in total. The topological polar surface area (TPSA) is 59.8 Å². The second-order valence-electron chi connectivity index (χ2n) is 6.52. The molecule has 1 aromatic heterocycles. The van der Waals surface area contributed by atoms with E-state index in [4.69, 9.17) is 0 Å². The number of nitrogens with zero attached hydrogens (tertiary/aromatic N) is 3. The molecule has 126 valence electrons. The highest BCUT2D eigenvalue weighted by atomic mass is 79.9. The van der Waals surface area contributed by atoms with E-state index in [1.54, 1.807) is 0 Å². The zero-order valence-corrected chi connectivity index (χ0v) is 15.9. The van der Waals surface area contributed by atoms with Crippen LogP contribution in [0.1, 0.15) is 49.0 Å². The standard InChI is InChI=1S/C17H19BrN4OS/c1-10-2-5-12(8-14(10)18)19-15(23)9-24-17-21-20-16(11-3-4-11)22(17)13-6-7-13/h2,5,8,11,13H,3-4,6-7,9H2,1H3,(H,19,23). The van der Waals surface area contributed by atoms with E-state index in [1.807, 2.05) is 25.1 Å². The maximum absolute atomic E-state index is 12.2. The predicted molar refractivity (Wildman–Crippen MR) is 98.5 cm³/mol. The Balaban J connectivity index is 1.39. The molecule has 0 atom stereocenters. The molecule has 2 fully saturated rings. The largest absolute Gasteiger partial charge is 0.325 e. The van der Waals surface area contributed by atoms with Gasteiger partial charge in [-0.05, 0) is 50.3 Å². The Labute approximate surface area is 153 Å². The van der Waals surface area contributed by atoms with E-state index < -0.39 is 0 Å². The number of hydrogen-bond acceptors (Lipinski definition) is 4. The van der Waals surface area contributed by atoms with Gasteiger partial charge in [0.1, 0.15) is 5.82 Å². The first-order valence-electron chi connectivity index (χ1n) is 8.25. The normalized spacial score (nSPS) is 17.1. The number of benzene rings is 1. The second kappa shape index (κ2) is 6.52. The van der Waals surface area contributed by atoms with Crippen LogP contribution in [-0.4, -0.2) is 26.4 Å². The van der Waals surface area contributed by atoms with Crippen LogP contribution in [0.2, 0.25) is 0 Å². The quantitative estimate of drug-likeness (QED) is 0.726. The Morgan fingerprint density at radius 2 is 2.12 bits per heavy atom. The van der Waals surface area contributed by atoms with Crippen molar-refractivity contribution in [2.75, 3.05) is 11.1 Å². The van der Waals surface area contributed by atoms with Gasteiger partial charge in [-0.2, -0.15) is 0 Å². The summed E-state index contributed by atoms with van der Waals surface area (Å²) in [6.07, 6.45) is 4.85. The van der Waals surface area contributed by atoms with Crippen LogP contribution < -0.4 is 5.32 Å². The summed E-state index contributed by atoms with van der Waals surface area (Å²) in [5.74, 6) is 2.05. The Kier molecular flexibility index (Phi) is 4.39. The van der Waals surface area contributed by atoms with E-state index in [0.29, 0.717) is 17.7 Å². The molecule has 5 nitrogen and oxygen atoms in total. The molecule has 0 radical (unpaired) electrons. The van der Waals surface area contributed by atoms with Crippen LogP contribution in [-0.2, 0) is 4.79 Å². The van der Waals surface area contributed by atoms with E-state index in [2.05, 4.69) is 36.0 Å². The number of anilines is 1. The van der Waals surface area contributed by atoms with Crippen LogP contribution in [0.15, 0.2) is 27.8 Å². The number of amides is 1. The molecule has 2 aliphatic carbocycles. The fourth-order valence-corrected chi connectivity index (χ4v) is 3.87. The lowest BCUT2D eigenvalue weighted by atomic mass is 10.2. The Hall–Kier alpha value is -1.34. The Bertz CT molecular complexity index is 783. The molecule has 0 bridgehead atoms. The third-order valence-electron chi connectivity index (χ3n) is 4.33. The van der Waals surface area contributed by atoms with Gasteiger partial charge in [-0.15, -0.1) is 10.2 Å². The Morgan fingerprint density at radius 1 is 1.33 bits per heavy atom. The van der Waals surface area contributed by atoms with Gasteiger partial charge in [0.25, 0.3) is 0 Å². The lowest BCUT2D eigenvalue weighted by Gasteiger charge is -2.09. The number of nitrogens with one attached hydrogen (secondary N) is 1. The average molecular weight is 407 g/mol. The van der Waals surface area contributed by atoms with Gasteiger partial charge in [-0.3, -0.25) is 4.79 Å². The van der Waals surface area contributed by atoms with Crippen molar-refractivity contribution in [2.24, 2.45) is 0 Å². The molecular formula is C17H19BrN4OS. The minimum atomic E-state index is -0.0194. The van der Waals surface area contributed by atoms with Gasteiger partial charge in [0.2, 0.25) is 5.91 Å². The summed E-state index contributed by atoms with van der Waals surface area (Å²) in [4.78, 5) is 12.2. The van der Waals surface area contributed by atoms with Crippen molar-refractivity contribution in [2.45, 2.75) is 49.7 Å². The van der Waals surface area contributed by atoms with Gasteiger partial charge in [0.05, 0.1) is 5.75 Å². The molecule has 0 spiro atoms. The van der Waals surface area contributed by atoms with Crippen LogP contribution >= 0.6 is 27.7 Å². The Morgan fingerprint density at radius 3 is 2.79 bits per heavy atom. The molecule has 1 aromatic carbocycles. The van der Waals surface area contributed by atoms with Crippen molar-refractivity contribution in [1.29, 1.82) is 0 Å². The first-order chi connectivity index (χ1) is 11.6. The van der Waals surface area contributed by atoms with Crippen LogP contribution in [0.5, 0.6) is 0 Å². The summed E-state index contributed by atoms with van der Waals surface area (Å²) < 4.78 is 3.27. The van der Waals surface area contributed by atoms with Crippen molar-refractivity contribution in [3.63, 3.8) is 0 Å². The number of aromatic nitrogens is 3. The molecule has 2 saturated carbocycles. The highest BCUT2D eigenvalue weighted by Gasteiger charge is 2.36. The monoisotopic (exact) mass is 406 g/mol. The summed E-state index contributed by atoms with van der Waals surface area (Å²) in [6.45, 7) is 2.02. The predicted octanol–water partition coefficient (Wildman–Crippen LogP) is 4.29. The second-order valence-corrected chi connectivity index (χ2v) is 8.31. The molecular weight excluding hydrogens is 388 g/mol. The molecule has 0 aliphatic heterocycles. The van der Waals surface area contributed by atoms with Crippen LogP contribution in [0, 0.1) is 6.92 Å². The molecule has 0 saturated heterocycles. The van der Waals surface area contributed by atoms with E-state index >= 15 is 0 Å². The van der Waals surface area contributed by atoms with Gasteiger partial charge < -0.3 is 9.88 Å². The minimum absolute atomic E-state index is 0.0194. The summed E-state index contributed by atoms with van der Waals surface area (Å²) in [6, 6.07) is 6.38. The molecule has 2 aliphatic rings. The molecule has 24 heavy (non-hydrogen) atoms. The zero-order chi connectivity index (χ0) is 16.7. The molecule has 1 amide bonds. The zero-order valence-electron chi connectivity index (χ0n) is 13.5. The van der Waals surface area contributed by atoms with E-state index in [1.165, 1.54) is 37.4 Å². The summed E-state index contributed by atoms with van der Waals surface area (Å²) in [5.41, 5.74) is 1.95. The number of carbonyl (C=O) groups excluding carboxylic acids is 1. The summed E-state index contributed by atoms with van der Waals surface area (Å²) >= 11 is 4.97. The highest BCUT2D eigenvalue weighted by Crippen LogP contribution is 2.45. The first kappa shape index (κ1) is 16.1. The van der Waals surface area contributed by atoms with Crippen molar-refractivity contribution in [3.8, 4) is 0 Å². The van der Waals surface area contributed by atoms with Gasteiger partial charge in [-0.25, -0.2) is 0 Å². The molecule has 7 heteroatoms. The fourth-order valence-electron chi connectivity index (χ4n) is 2.68. The third-order valence-corrected chi connectivity index (χ3v) is 6.13. The summed E-state index contributed by atoms with van der Waals surface area (Å²) in [7, 11) is 0. The fraction of sp³-hybridized carbons (Fsp3) is 0.471. The summed E-state index contributed by atoms with van der Waals surface area (Å²) in [5, 5.41) is 12.5. The molecule has 0 unspecified atom stereocenters. The van der Waals surface area contributed by atoms with E-state index in [9.17, 15) is 4.79 Å². The number of carbonyl (C=O) groups is 1. The van der Waals surface area contributed by atoms with E-state index in [0.717, 1.165) is 26.7 Å². The van der Waals surface area contributed by atoms with Gasteiger partial charge in [0, 0.05) is 22.1 Å². The minimum Gasteiger partial charge on any atom is -0.325 e. The van der Waals surface area contributed by atoms with Crippen LogP contribution in [0.3, 0.4) is 0 Å². The smallest absolute Gasteiger partial charge is 0.234 e. The number of rotatable bonds is 6. The first-order valence-corrected chi connectivity index (χ1v) is 10.0. The lowest BCUT2D eigenvalue weighted by Crippen LogP contribution is -2.14. The maximum atomic E-state index is 12.2. The van der Waals surface area contributed by atoms with Gasteiger partial charge in [0.15, 0.2) is 5.16 Å². The van der Waals surface area contributed by atoms with Crippen molar-refractivity contribution in [1.82, 2.24) is 14.8 Å². The molecule has 4 rings (SSSR count). The lowest BCUT2D eigenvalue weighted by molar-refractivity contribution is -0.113. The van der Waals surface area contributed by atoms with Crippen LogP contribution in [0.4, 0.5) is 5.69 Å². The third kappa shape index (κ3) is 3.52. The van der Waals surface area contributed by atoms with Crippen molar-refractivity contribution < 1.29 is 4.79 Å². The molecule has 1 heterocycles. The molecule has 2 aromatic rings. The average Bonchev–Trinajstić information content (AvgIpc) is 3.48. The number of thioether (sulfide) groups is 1. The van der Waals surface area contributed by atoms with Crippen LogP contribution in [0.25, 0.3) is 0 Å².